The van der Waals surface area contributed by atoms with Gasteiger partial charge in [-0.05, 0) is 43.9 Å². The Morgan fingerprint density at radius 1 is 1.22 bits per heavy atom. The van der Waals surface area contributed by atoms with E-state index in [9.17, 15) is 4.79 Å². The van der Waals surface area contributed by atoms with E-state index < -0.39 is 0 Å². The van der Waals surface area contributed by atoms with Crippen molar-refractivity contribution in [1.29, 1.82) is 0 Å². The number of rotatable bonds is 6. The van der Waals surface area contributed by atoms with Crippen molar-refractivity contribution in [2.24, 2.45) is 0 Å². The summed E-state index contributed by atoms with van der Waals surface area (Å²) in [5, 5.41) is 2.92. The van der Waals surface area contributed by atoms with Crippen molar-refractivity contribution in [3.63, 3.8) is 0 Å². The van der Waals surface area contributed by atoms with Gasteiger partial charge in [0.25, 0.3) is 0 Å². The molecule has 0 aliphatic heterocycles. The maximum absolute atomic E-state index is 11.8. The van der Waals surface area contributed by atoms with E-state index in [1.807, 2.05) is 0 Å². The molecule has 0 heterocycles. The maximum atomic E-state index is 11.8. The number of aryl methyl sites for hydroxylation is 3. The number of amides is 1. The Morgan fingerprint density at radius 2 is 1.83 bits per heavy atom. The van der Waals surface area contributed by atoms with Gasteiger partial charge in [0.15, 0.2) is 0 Å². The number of hydrogen-bond donors (Lipinski definition) is 1. The summed E-state index contributed by atoms with van der Waals surface area (Å²) in [5.74, 6) is 0.0844. The summed E-state index contributed by atoms with van der Waals surface area (Å²) in [6.45, 7) is 7.56. The molecule has 3 nitrogen and oxygen atoms in total. The number of nitrogens with one attached hydrogen (secondary N) is 1. The van der Waals surface area contributed by atoms with E-state index in [2.05, 4.69) is 38.2 Å². The lowest BCUT2D eigenvalue weighted by Crippen LogP contribution is -2.27. The second-order valence-electron chi connectivity index (χ2n) is 4.75. The average Bonchev–Trinajstić information content (AvgIpc) is 2.29. The van der Waals surface area contributed by atoms with Crippen LogP contribution in [0.4, 0.5) is 0 Å². The largest absolute Gasteiger partial charge is 0.385 e. The smallest absolute Gasteiger partial charge is 0.224 e. The minimum absolute atomic E-state index is 0.0844. The van der Waals surface area contributed by atoms with Crippen molar-refractivity contribution in [1.82, 2.24) is 5.32 Å². The number of methoxy groups -OCH3 is 1. The second kappa shape index (κ2) is 7.17. The Labute approximate surface area is 110 Å². The van der Waals surface area contributed by atoms with Crippen LogP contribution >= 0.6 is 0 Å². The molecular weight excluding hydrogens is 226 g/mol. The highest BCUT2D eigenvalue weighted by atomic mass is 16.5. The maximum Gasteiger partial charge on any atom is 0.224 e. The van der Waals surface area contributed by atoms with Crippen molar-refractivity contribution in [2.45, 2.75) is 33.6 Å². The Morgan fingerprint density at radius 3 is 2.39 bits per heavy atom. The molecule has 0 radical (unpaired) electrons. The van der Waals surface area contributed by atoms with Gasteiger partial charge in [-0.1, -0.05) is 17.7 Å². The Bertz CT molecular complexity index is 390. The third-order valence-corrected chi connectivity index (χ3v) is 3.03. The van der Waals surface area contributed by atoms with Crippen molar-refractivity contribution >= 4 is 5.91 Å². The normalized spacial score (nSPS) is 10.4. The number of carbonyl (C=O) groups is 1. The topological polar surface area (TPSA) is 38.3 Å². The van der Waals surface area contributed by atoms with Crippen molar-refractivity contribution in [3.05, 3.63) is 34.4 Å². The third kappa shape index (κ3) is 4.49. The highest BCUT2D eigenvalue weighted by Crippen LogP contribution is 2.16. The van der Waals surface area contributed by atoms with Crippen LogP contribution in [0.2, 0.25) is 0 Å². The number of benzene rings is 1. The predicted octanol–water partition coefficient (Wildman–Crippen LogP) is 2.31. The van der Waals surface area contributed by atoms with Crippen molar-refractivity contribution in [2.75, 3.05) is 20.3 Å². The van der Waals surface area contributed by atoms with E-state index in [1.54, 1.807) is 7.11 Å². The minimum Gasteiger partial charge on any atom is -0.385 e. The quantitative estimate of drug-likeness (QED) is 0.786. The molecule has 18 heavy (non-hydrogen) atoms. The summed E-state index contributed by atoms with van der Waals surface area (Å²) in [6.07, 6.45) is 1.32. The first-order valence-electron chi connectivity index (χ1n) is 6.37. The van der Waals surface area contributed by atoms with Crippen LogP contribution in [0, 0.1) is 20.8 Å². The Kier molecular flexibility index (Phi) is 5.86. The molecule has 1 aromatic rings. The van der Waals surface area contributed by atoms with Crippen LogP contribution in [0.25, 0.3) is 0 Å². The first kappa shape index (κ1) is 14.7. The van der Waals surface area contributed by atoms with Crippen LogP contribution in [0.15, 0.2) is 12.1 Å². The molecule has 0 saturated carbocycles. The van der Waals surface area contributed by atoms with Gasteiger partial charge < -0.3 is 10.1 Å². The summed E-state index contributed by atoms with van der Waals surface area (Å²) in [6, 6.07) is 4.25. The molecule has 1 amide bonds. The molecule has 0 aliphatic carbocycles. The monoisotopic (exact) mass is 249 g/mol. The van der Waals surface area contributed by atoms with Gasteiger partial charge in [0.2, 0.25) is 5.91 Å². The van der Waals surface area contributed by atoms with Crippen LogP contribution in [0.5, 0.6) is 0 Å². The van der Waals surface area contributed by atoms with Gasteiger partial charge in [-0.2, -0.15) is 0 Å². The summed E-state index contributed by atoms with van der Waals surface area (Å²) >= 11 is 0. The minimum atomic E-state index is 0.0844. The molecule has 100 valence electrons. The third-order valence-electron chi connectivity index (χ3n) is 3.03. The van der Waals surface area contributed by atoms with Crippen LogP contribution in [-0.2, 0) is 16.0 Å². The Hall–Kier alpha value is -1.35. The molecule has 0 aromatic heterocycles. The van der Waals surface area contributed by atoms with Gasteiger partial charge in [0.1, 0.15) is 0 Å². The van der Waals surface area contributed by atoms with Gasteiger partial charge >= 0.3 is 0 Å². The molecular formula is C15H23NO2. The predicted molar refractivity (Wildman–Crippen MR) is 73.9 cm³/mol. The molecule has 0 bridgehead atoms. The van der Waals surface area contributed by atoms with E-state index in [0.29, 0.717) is 19.6 Å². The summed E-state index contributed by atoms with van der Waals surface area (Å²) in [5.41, 5.74) is 4.78. The number of carbonyl (C=O) groups excluding carboxylic acids is 1. The zero-order valence-electron chi connectivity index (χ0n) is 11.8. The fourth-order valence-corrected chi connectivity index (χ4v) is 2.16. The molecule has 1 N–H and O–H groups in total. The van der Waals surface area contributed by atoms with E-state index in [4.69, 9.17) is 4.74 Å². The summed E-state index contributed by atoms with van der Waals surface area (Å²) in [4.78, 5) is 11.8. The van der Waals surface area contributed by atoms with Crippen LogP contribution in [-0.4, -0.2) is 26.2 Å². The molecule has 0 atom stereocenters. The van der Waals surface area contributed by atoms with Crippen molar-refractivity contribution in [3.8, 4) is 0 Å². The van der Waals surface area contributed by atoms with Gasteiger partial charge in [0.05, 0.1) is 6.42 Å². The fourth-order valence-electron chi connectivity index (χ4n) is 2.16. The van der Waals surface area contributed by atoms with E-state index in [1.165, 1.54) is 16.7 Å². The summed E-state index contributed by atoms with van der Waals surface area (Å²) < 4.78 is 4.94. The lowest BCUT2D eigenvalue weighted by atomic mass is 9.97. The lowest BCUT2D eigenvalue weighted by Gasteiger charge is -2.11. The molecule has 0 spiro atoms. The van der Waals surface area contributed by atoms with Crippen molar-refractivity contribution < 1.29 is 9.53 Å². The van der Waals surface area contributed by atoms with Gasteiger partial charge in [-0.25, -0.2) is 0 Å². The van der Waals surface area contributed by atoms with Crippen LogP contribution < -0.4 is 5.32 Å². The number of ether oxygens (including phenoxy) is 1. The fraction of sp³-hybridized carbons (Fsp3) is 0.533. The summed E-state index contributed by atoms with van der Waals surface area (Å²) in [7, 11) is 1.67. The van der Waals surface area contributed by atoms with Gasteiger partial charge in [0, 0.05) is 20.3 Å². The average molecular weight is 249 g/mol. The highest BCUT2D eigenvalue weighted by molar-refractivity contribution is 5.79. The highest BCUT2D eigenvalue weighted by Gasteiger charge is 2.08. The zero-order valence-corrected chi connectivity index (χ0v) is 11.8. The molecule has 1 aromatic carbocycles. The molecule has 0 aliphatic rings. The zero-order chi connectivity index (χ0) is 13.5. The van der Waals surface area contributed by atoms with E-state index in [0.717, 1.165) is 12.0 Å². The lowest BCUT2D eigenvalue weighted by molar-refractivity contribution is -0.120. The van der Waals surface area contributed by atoms with Gasteiger partial charge in [-0.3, -0.25) is 4.79 Å². The van der Waals surface area contributed by atoms with E-state index >= 15 is 0 Å². The molecule has 1 rings (SSSR count). The molecule has 0 saturated heterocycles. The molecule has 0 unspecified atom stereocenters. The van der Waals surface area contributed by atoms with Gasteiger partial charge in [-0.15, -0.1) is 0 Å². The molecule has 3 heteroatoms. The number of hydrogen-bond acceptors (Lipinski definition) is 2. The van der Waals surface area contributed by atoms with Crippen LogP contribution in [0.3, 0.4) is 0 Å². The SMILES string of the molecule is COCCCNC(=O)Cc1c(C)cc(C)cc1C. The standard InChI is InChI=1S/C15H23NO2/c1-11-8-12(2)14(13(3)9-11)10-15(17)16-6-5-7-18-4/h8-9H,5-7,10H2,1-4H3,(H,16,17). The van der Waals surface area contributed by atoms with Crippen LogP contribution in [0.1, 0.15) is 28.7 Å². The van der Waals surface area contributed by atoms with E-state index in [-0.39, 0.29) is 5.91 Å². The second-order valence-corrected chi connectivity index (χ2v) is 4.75. The Balaban J connectivity index is 2.54. The molecule has 0 fully saturated rings. The first-order valence-corrected chi connectivity index (χ1v) is 6.37. The first-order chi connectivity index (χ1) is 8.54.